The fourth-order valence-electron chi connectivity index (χ4n) is 2.61. The molecule has 0 spiro atoms. The van der Waals surface area contributed by atoms with Crippen LogP contribution >= 0.6 is 11.6 Å². The van der Waals surface area contributed by atoms with Crippen molar-refractivity contribution in [3.05, 3.63) is 81.7 Å². The van der Waals surface area contributed by atoms with E-state index in [1.54, 1.807) is 30.3 Å². The maximum absolute atomic E-state index is 11.2. The summed E-state index contributed by atoms with van der Waals surface area (Å²) in [6, 6.07) is 17.0. The number of benzene rings is 2. The minimum absolute atomic E-state index is 0.0308. The first kappa shape index (κ1) is 17.6. The Morgan fingerprint density at radius 2 is 1.75 bits per heavy atom. The average Bonchev–Trinajstić information content (AvgIpc) is 3.17. The Bertz CT molecular complexity index is 1210. The lowest BCUT2D eigenvalue weighted by molar-refractivity contribution is -0.384. The van der Waals surface area contributed by atoms with Crippen LogP contribution in [0.15, 0.2) is 70.2 Å². The molecule has 0 atom stereocenters. The molecule has 0 amide bonds. The van der Waals surface area contributed by atoms with Crippen LogP contribution in [-0.2, 0) is 0 Å². The van der Waals surface area contributed by atoms with E-state index in [4.69, 9.17) is 16.0 Å². The van der Waals surface area contributed by atoms with Crippen molar-refractivity contribution in [1.82, 2.24) is 9.97 Å². The van der Waals surface area contributed by atoms with Gasteiger partial charge in [-0.15, -0.1) is 0 Å². The number of hydrazone groups is 1. The molecule has 0 aliphatic carbocycles. The summed E-state index contributed by atoms with van der Waals surface area (Å²) < 4.78 is 5.64. The molecule has 4 rings (SSSR count). The second-order valence-electron chi connectivity index (χ2n) is 5.70. The van der Waals surface area contributed by atoms with Crippen LogP contribution in [0.25, 0.3) is 22.4 Å². The number of nitro groups is 1. The van der Waals surface area contributed by atoms with Crippen LogP contribution in [0, 0.1) is 10.1 Å². The number of fused-ring (bicyclic) bond motifs is 1. The van der Waals surface area contributed by atoms with Crippen LogP contribution < -0.4 is 5.43 Å². The van der Waals surface area contributed by atoms with E-state index in [0.29, 0.717) is 33.9 Å². The molecule has 0 unspecified atom stereocenters. The second-order valence-corrected chi connectivity index (χ2v) is 6.06. The summed E-state index contributed by atoms with van der Waals surface area (Å²) >= 11 is 6.12. The molecule has 1 N–H and O–H groups in total. The third kappa shape index (κ3) is 3.53. The Morgan fingerprint density at radius 3 is 2.54 bits per heavy atom. The molecule has 0 aliphatic rings. The van der Waals surface area contributed by atoms with Crippen LogP contribution in [0.5, 0.6) is 0 Å². The molecule has 9 heteroatoms. The molecule has 8 nitrogen and oxygen atoms in total. The number of nitrogens with zero attached hydrogens (tertiary/aromatic N) is 4. The summed E-state index contributed by atoms with van der Waals surface area (Å²) in [5, 5.41) is 15.4. The van der Waals surface area contributed by atoms with Crippen molar-refractivity contribution < 1.29 is 9.34 Å². The molecule has 0 fully saturated rings. The normalized spacial score (nSPS) is 11.2. The van der Waals surface area contributed by atoms with Crippen molar-refractivity contribution in [2.45, 2.75) is 0 Å². The number of furan rings is 1. The SMILES string of the molecule is O=[N+]([O-])c1ccccc1-c1ccc(/C=N/Nc2nc3ccccc3nc2Cl)o1. The van der Waals surface area contributed by atoms with E-state index < -0.39 is 4.92 Å². The predicted octanol–water partition coefficient (Wildman–Crippen LogP) is 4.90. The lowest BCUT2D eigenvalue weighted by Gasteiger charge is -2.03. The number of para-hydroxylation sites is 3. The monoisotopic (exact) mass is 393 g/mol. The number of aromatic nitrogens is 2. The van der Waals surface area contributed by atoms with E-state index in [1.807, 2.05) is 24.3 Å². The van der Waals surface area contributed by atoms with E-state index in [9.17, 15) is 10.1 Å². The van der Waals surface area contributed by atoms with E-state index in [2.05, 4.69) is 20.5 Å². The highest BCUT2D eigenvalue weighted by Crippen LogP contribution is 2.30. The molecule has 0 saturated heterocycles. The Labute approximate surface area is 163 Å². The van der Waals surface area contributed by atoms with Crippen molar-refractivity contribution in [2.75, 3.05) is 5.43 Å². The highest BCUT2D eigenvalue weighted by Gasteiger charge is 2.16. The first-order chi connectivity index (χ1) is 13.6. The van der Waals surface area contributed by atoms with Crippen molar-refractivity contribution in [1.29, 1.82) is 0 Å². The number of anilines is 1. The van der Waals surface area contributed by atoms with E-state index in [0.717, 1.165) is 0 Å². The lowest BCUT2D eigenvalue weighted by atomic mass is 10.1. The zero-order valence-electron chi connectivity index (χ0n) is 14.2. The average molecular weight is 394 g/mol. The number of hydrogen-bond acceptors (Lipinski definition) is 7. The predicted molar refractivity (Wildman–Crippen MR) is 107 cm³/mol. The van der Waals surface area contributed by atoms with Crippen LogP contribution in [0.1, 0.15) is 5.76 Å². The molecule has 0 saturated carbocycles. The van der Waals surface area contributed by atoms with Gasteiger partial charge in [-0.2, -0.15) is 5.10 Å². The van der Waals surface area contributed by atoms with Crippen LogP contribution in [-0.4, -0.2) is 21.1 Å². The number of nitro benzene ring substituents is 1. The zero-order valence-corrected chi connectivity index (χ0v) is 15.0. The summed E-state index contributed by atoms with van der Waals surface area (Å²) in [6.07, 6.45) is 1.42. The van der Waals surface area contributed by atoms with Gasteiger partial charge in [0.1, 0.15) is 11.5 Å². The third-order valence-corrected chi connectivity index (χ3v) is 4.15. The Kier molecular flexibility index (Phi) is 4.69. The highest BCUT2D eigenvalue weighted by molar-refractivity contribution is 6.32. The maximum Gasteiger partial charge on any atom is 0.280 e. The van der Waals surface area contributed by atoms with Crippen LogP contribution in [0.3, 0.4) is 0 Å². The van der Waals surface area contributed by atoms with Gasteiger partial charge in [-0.3, -0.25) is 15.5 Å². The second kappa shape index (κ2) is 7.45. The van der Waals surface area contributed by atoms with Gasteiger partial charge in [-0.1, -0.05) is 35.9 Å². The molecule has 138 valence electrons. The van der Waals surface area contributed by atoms with Crippen molar-refractivity contribution in [3.8, 4) is 11.3 Å². The van der Waals surface area contributed by atoms with Crippen LogP contribution in [0.2, 0.25) is 5.15 Å². The quantitative estimate of drug-likeness (QED) is 0.293. The van der Waals surface area contributed by atoms with E-state index >= 15 is 0 Å². The lowest BCUT2D eigenvalue weighted by Crippen LogP contribution is -1.97. The van der Waals surface area contributed by atoms with Gasteiger partial charge in [0.2, 0.25) is 0 Å². The van der Waals surface area contributed by atoms with E-state index in [-0.39, 0.29) is 10.8 Å². The fraction of sp³-hybridized carbons (Fsp3) is 0. The summed E-state index contributed by atoms with van der Waals surface area (Å²) in [6.45, 7) is 0. The number of halogens is 1. The summed E-state index contributed by atoms with van der Waals surface area (Å²) in [7, 11) is 0. The molecular weight excluding hydrogens is 382 g/mol. The van der Waals surface area contributed by atoms with Gasteiger partial charge in [0.25, 0.3) is 5.69 Å². The summed E-state index contributed by atoms with van der Waals surface area (Å²) in [5.41, 5.74) is 4.45. The molecular formula is C19H12ClN5O3. The first-order valence-electron chi connectivity index (χ1n) is 8.17. The van der Waals surface area contributed by atoms with Crippen molar-refractivity contribution >= 4 is 40.4 Å². The standard InChI is InChI=1S/C19H12ClN5O3/c20-18-19(23-15-7-3-2-6-14(15)22-18)24-21-11-12-9-10-17(28-12)13-5-1-4-8-16(13)25(26)27/h1-11H,(H,23,24)/b21-11+. The number of nitrogens with one attached hydrogen (secondary N) is 1. The van der Waals surface area contributed by atoms with Crippen molar-refractivity contribution in [2.24, 2.45) is 5.10 Å². The summed E-state index contributed by atoms with van der Waals surface area (Å²) in [5.74, 6) is 1.09. The number of hydrogen-bond donors (Lipinski definition) is 1. The minimum atomic E-state index is -0.451. The molecule has 0 aliphatic heterocycles. The topological polar surface area (TPSA) is 106 Å². The van der Waals surface area contributed by atoms with Crippen LogP contribution in [0.4, 0.5) is 11.5 Å². The first-order valence-corrected chi connectivity index (χ1v) is 8.54. The molecule has 2 aromatic heterocycles. The smallest absolute Gasteiger partial charge is 0.280 e. The molecule has 2 aromatic carbocycles. The molecule has 0 bridgehead atoms. The van der Waals surface area contributed by atoms with Gasteiger partial charge in [-0.25, -0.2) is 9.97 Å². The maximum atomic E-state index is 11.2. The van der Waals surface area contributed by atoms with Gasteiger partial charge < -0.3 is 4.42 Å². The van der Waals surface area contributed by atoms with Gasteiger partial charge in [0.05, 0.1) is 27.7 Å². The Hall–Kier alpha value is -3.78. The van der Waals surface area contributed by atoms with Gasteiger partial charge in [0, 0.05) is 6.07 Å². The minimum Gasteiger partial charge on any atom is -0.455 e. The number of rotatable bonds is 5. The summed E-state index contributed by atoms with van der Waals surface area (Å²) in [4.78, 5) is 19.3. The molecule has 0 radical (unpaired) electrons. The van der Waals surface area contributed by atoms with Gasteiger partial charge >= 0.3 is 0 Å². The third-order valence-electron chi connectivity index (χ3n) is 3.88. The van der Waals surface area contributed by atoms with Gasteiger partial charge in [-0.05, 0) is 30.3 Å². The van der Waals surface area contributed by atoms with Gasteiger partial charge in [0.15, 0.2) is 11.0 Å². The molecule has 2 heterocycles. The van der Waals surface area contributed by atoms with E-state index in [1.165, 1.54) is 12.3 Å². The highest BCUT2D eigenvalue weighted by atomic mass is 35.5. The Morgan fingerprint density at radius 1 is 1.04 bits per heavy atom. The largest absolute Gasteiger partial charge is 0.455 e. The van der Waals surface area contributed by atoms with Crippen molar-refractivity contribution in [3.63, 3.8) is 0 Å². The molecule has 28 heavy (non-hydrogen) atoms. The fourth-order valence-corrected chi connectivity index (χ4v) is 2.79. The zero-order chi connectivity index (χ0) is 19.5. The molecule has 4 aromatic rings. The Balaban J connectivity index is 1.54.